The second-order valence-corrected chi connectivity index (χ2v) is 46.1. The average Bonchev–Trinajstić information content (AvgIpc) is 3.71. The van der Waals surface area contributed by atoms with E-state index in [0.717, 1.165) is 30.3 Å². The zero-order valence-corrected chi connectivity index (χ0v) is 23.3. The van der Waals surface area contributed by atoms with Crippen molar-refractivity contribution in [2.24, 2.45) is 11.8 Å². The molecule has 0 N–H and O–H groups in total. The van der Waals surface area contributed by atoms with Crippen molar-refractivity contribution in [3.05, 3.63) is 0 Å². The van der Waals surface area contributed by atoms with Gasteiger partial charge in [-0.1, -0.05) is 0 Å². The van der Waals surface area contributed by atoms with E-state index in [9.17, 15) is 0 Å². The Balaban J connectivity index is 1.07. The van der Waals surface area contributed by atoms with Crippen LogP contribution < -0.4 is 0 Å². The quantitative estimate of drug-likeness (QED) is 0.253. The van der Waals surface area contributed by atoms with Crippen molar-refractivity contribution < 1.29 is 6.51 Å². The molecule has 10 aliphatic heterocycles. The molecule has 10 unspecified atom stereocenters. The van der Waals surface area contributed by atoms with Gasteiger partial charge in [-0.25, -0.2) is 0 Å². The molecule has 12 fully saturated rings. The van der Waals surface area contributed by atoms with Crippen molar-refractivity contribution in [1.29, 1.82) is 0 Å². The Bertz CT molecular complexity index is 1260. The Morgan fingerprint density at radius 1 is 0.548 bits per heavy atom. The van der Waals surface area contributed by atoms with Gasteiger partial charge in [-0.15, -0.1) is 0 Å². The molecule has 31 heavy (non-hydrogen) atoms. The Labute approximate surface area is 183 Å². The van der Waals surface area contributed by atoms with Gasteiger partial charge in [0.05, 0.1) is 0 Å². The van der Waals surface area contributed by atoms with Crippen LogP contribution >= 0.6 is 17.2 Å². The standard InChI is InChI=1S/2C14H22P.Fe/c2*1-12(2)14(10-6-3-7-11-14)15-13-8-4-5-9-13;/h2*4-5,8-9,12,15H,3,6-7,10-11H2,1-2H3;. The summed E-state index contributed by atoms with van der Waals surface area (Å²) in [7, 11) is 2.97. The molecule has 2 aliphatic carbocycles. The van der Waals surface area contributed by atoms with E-state index < -0.39 is 6.51 Å². The molecule has 12 rings (SSSR count). The van der Waals surface area contributed by atoms with E-state index in [4.69, 9.17) is 0 Å². The third-order valence-electron chi connectivity index (χ3n) is 21.4. The normalized spacial score (nSPS) is 83.7. The van der Waals surface area contributed by atoms with Gasteiger partial charge >= 0.3 is 184 Å². The molecule has 0 nitrogen and oxygen atoms in total. The van der Waals surface area contributed by atoms with Crippen molar-refractivity contribution >= 4 is 17.2 Å². The van der Waals surface area contributed by atoms with Crippen LogP contribution in [0.3, 0.4) is 0 Å². The summed E-state index contributed by atoms with van der Waals surface area (Å²) in [5, 5.41) is 1.64. The molecule has 10 heterocycles. The van der Waals surface area contributed by atoms with E-state index in [1.165, 1.54) is 55.7 Å². The van der Waals surface area contributed by atoms with Gasteiger partial charge in [-0.3, -0.25) is 0 Å². The van der Waals surface area contributed by atoms with Gasteiger partial charge in [-0.05, 0) is 0 Å². The molecule has 0 amide bonds. The summed E-state index contributed by atoms with van der Waals surface area (Å²) in [5.74, 6) is 1.95. The third kappa shape index (κ3) is 0.368. The van der Waals surface area contributed by atoms with E-state index in [0.29, 0.717) is 0 Å². The van der Waals surface area contributed by atoms with Gasteiger partial charge < -0.3 is 0 Å². The summed E-state index contributed by atoms with van der Waals surface area (Å²) in [6, 6.07) is 0. The summed E-state index contributed by atoms with van der Waals surface area (Å²) in [4.78, 5) is 12.1. The van der Waals surface area contributed by atoms with Crippen LogP contribution in [-0.4, -0.2) is 18.4 Å². The van der Waals surface area contributed by atoms with Gasteiger partial charge in [0.2, 0.25) is 0 Å². The van der Waals surface area contributed by atoms with Crippen LogP contribution in [0.15, 0.2) is 0 Å². The molecule has 0 radical (unpaired) electrons. The zero-order valence-electron chi connectivity index (χ0n) is 20.2. The molecule has 0 aromatic heterocycles. The predicted molar refractivity (Wildman–Crippen MR) is 133 cm³/mol. The van der Waals surface area contributed by atoms with E-state index in [2.05, 4.69) is 27.7 Å². The third-order valence-corrected chi connectivity index (χ3v) is 78.1. The summed E-state index contributed by atoms with van der Waals surface area (Å²) in [6.45, 7) is 7.40. The summed E-state index contributed by atoms with van der Waals surface area (Å²) in [6.07, 6.45) is 16.0. The maximum atomic E-state index is 2.66. The van der Waals surface area contributed by atoms with Crippen LogP contribution in [0.2, 0.25) is 38.5 Å². The second-order valence-electron chi connectivity index (χ2n) is 17.8. The first kappa shape index (κ1) is 16.9. The fourth-order valence-electron chi connectivity index (χ4n) is 22.0. The average molecular weight is 498 g/mol. The fourth-order valence-corrected chi connectivity index (χ4v) is 124. The minimum absolute atomic E-state index is 0.820. The van der Waals surface area contributed by atoms with E-state index in [1.54, 1.807) is 64.2 Å². The Morgan fingerprint density at radius 2 is 0.871 bits per heavy atom. The van der Waals surface area contributed by atoms with Crippen molar-refractivity contribution in [2.75, 3.05) is 0 Å². The van der Waals surface area contributed by atoms with Crippen molar-refractivity contribution in [3.63, 3.8) is 0 Å². The first-order chi connectivity index (χ1) is 14.6. The van der Waals surface area contributed by atoms with Crippen LogP contribution in [0, 0.1) is 11.8 Å². The van der Waals surface area contributed by atoms with E-state index >= 15 is 0 Å². The van der Waals surface area contributed by atoms with E-state index in [-0.39, 0.29) is 0 Å². The van der Waals surface area contributed by atoms with Crippen LogP contribution in [0.5, 0.6) is 0 Å². The predicted octanol–water partition coefficient (Wildman–Crippen LogP) is 9.27. The van der Waals surface area contributed by atoms with Gasteiger partial charge in [0.15, 0.2) is 0 Å². The molecule has 2 saturated carbocycles. The zero-order chi connectivity index (χ0) is 20.6. The van der Waals surface area contributed by atoms with Gasteiger partial charge in [-0.2, -0.15) is 0 Å². The summed E-state index contributed by atoms with van der Waals surface area (Å²) < 4.78 is 2.33. The number of rotatable bonds is 6. The molecule has 174 valence electrons. The van der Waals surface area contributed by atoms with Crippen molar-refractivity contribution in [1.82, 2.24) is 0 Å². The van der Waals surface area contributed by atoms with Gasteiger partial charge in [0.25, 0.3) is 0 Å². The van der Waals surface area contributed by atoms with Gasteiger partial charge in [0.1, 0.15) is 0 Å². The number of hydrogen-bond acceptors (Lipinski definition) is 0. The molecule has 0 aromatic rings. The molecule has 3 heteroatoms. The molecular formula is C28H44FeP2. The maximum absolute atomic E-state index is 3.25. The van der Waals surface area contributed by atoms with E-state index in [1.807, 2.05) is 0 Å². The Kier molecular flexibility index (Phi) is 1.25. The Morgan fingerprint density at radius 3 is 1.13 bits per heavy atom. The van der Waals surface area contributed by atoms with Crippen LogP contribution in [-0.2, 0) is 6.51 Å². The molecule has 0 aromatic carbocycles. The second kappa shape index (κ2) is 2.29. The minimum atomic E-state index is -3.25. The first-order valence-corrected chi connectivity index (χ1v) is 22.6. The van der Waals surface area contributed by atoms with Crippen molar-refractivity contribution in [3.8, 4) is 0 Å². The van der Waals surface area contributed by atoms with Crippen LogP contribution in [0.4, 0.5) is 0 Å². The molecule has 10 atom stereocenters. The van der Waals surface area contributed by atoms with Crippen molar-refractivity contribution in [2.45, 2.75) is 149 Å². The molecule has 10 saturated heterocycles. The van der Waals surface area contributed by atoms with Crippen LogP contribution in [0.1, 0.15) is 91.9 Å². The molecular weight excluding hydrogens is 454 g/mol. The monoisotopic (exact) mass is 498 g/mol. The molecule has 0 bridgehead atoms. The molecule has 1 spiro atoms. The SMILES string of the molecule is CC(C)C1(P[C]23[CH]4[CH]5[CH]6[CH]2[Fe]56432789[CH]3[CH]2[CH]7[C]8(PC2(C(C)C)CCCCC2)[CH]39)CCCCC1. The first-order valence-electron chi connectivity index (χ1n) is 14.4. The van der Waals surface area contributed by atoms with Crippen LogP contribution in [0.25, 0.3) is 0 Å². The van der Waals surface area contributed by atoms with Gasteiger partial charge in [0, 0.05) is 0 Å². The molecule has 12 aliphatic rings. The topological polar surface area (TPSA) is 0 Å². The Hall–Kier alpha value is 1.38. The fraction of sp³-hybridized carbons (Fsp3) is 1.00. The number of fused-ring (bicyclic) bond motifs is 10. The summed E-state index contributed by atoms with van der Waals surface area (Å²) in [5.41, 5.74) is 0. The summed E-state index contributed by atoms with van der Waals surface area (Å²) >= 11 is 0. The number of hydrogen-bond donors (Lipinski definition) is 0.